The molecule has 1 aromatic heterocycles. The van der Waals surface area contributed by atoms with E-state index in [2.05, 4.69) is 27.1 Å². The van der Waals surface area contributed by atoms with Crippen LogP contribution in [0.5, 0.6) is 5.75 Å². The third-order valence-electron chi connectivity index (χ3n) is 4.66. The predicted molar refractivity (Wildman–Crippen MR) is 110 cm³/mol. The van der Waals surface area contributed by atoms with Crippen LogP contribution in [0.3, 0.4) is 0 Å². The van der Waals surface area contributed by atoms with Gasteiger partial charge in [0.05, 0.1) is 6.10 Å². The molecule has 3 rings (SSSR count). The van der Waals surface area contributed by atoms with E-state index >= 15 is 0 Å². The highest BCUT2D eigenvalue weighted by Gasteiger charge is 2.23. The van der Waals surface area contributed by atoms with Gasteiger partial charge in [0.25, 0.3) is 5.91 Å². The summed E-state index contributed by atoms with van der Waals surface area (Å²) in [4.78, 5) is 25.9. The lowest BCUT2D eigenvalue weighted by Gasteiger charge is -2.33. The predicted octanol–water partition coefficient (Wildman–Crippen LogP) is 3.09. The minimum absolute atomic E-state index is 0.0371. The number of anilines is 2. The van der Waals surface area contributed by atoms with Gasteiger partial charge in [-0.1, -0.05) is 6.92 Å². The lowest BCUT2D eigenvalue weighted by Crippen LogP contribution is -2.48. The molecule has 1 N–H and O–H groups in total. The second kappa shape index (κ2) is 9.01. The molecule has 1 amide bonds. The molecule has 28 heavy (non-hydrogen) atoms. The van der Waals surface area contributed by atoms with E-state index in [0.29, 0.717) is 17.3 Å². The summed E-state index contributed by atoms with van der Waals surface area (Å²) >= 11 is 0. The Morgan fingerprint density at radius 1 is 1.14 bits per heavy atom. The van der Waals surface area contributed by atoms with Gasteiger partial charge in [0.15, 0.2) is 0 Å². The monoisotopic (exact) mass is 383 g/mol. The number of nitrogens with zero attached hydrogens (tertiary/aromatic N) is 4. The van der Waals surface area contributed by atoms with E-state index in [1.165, 1.54) is 0 Å². The zero-order valence-corrected chi connectivity index (χ0v) is 17.1. The summed E-state index contributed by atoms with van der Waals surface area (Å²) in [6, 6.07) is 9.41. The molecule has 1 aliphatic rings. The highest BCUT2D eigenvalue weighted by Crippen LogP contribution is 2.21. The lowest BCUT2D eigenvalue weighted by molar-refractivity contribution is 0.0637. The summed E-state index contributed by atoms with van der Waals surface area (Å²) < 4.78 is 5.66. The fourth-order valence-electron chi connectivity index (χ4n) is 3.21. The minimum Gasteiger partial charge on any atom is -0.491 e. The summed E-state index contributed by atoms with van der Waals surface area (Å²) in [5.41, 5.74) is 1.31. The smallest absolute Gasteiger partial charge is 0.272 e. The van der Waals surface area contributed by atoms with Crippen LogP contribution in [0.2, 0.25) is 0 Å². The fraction of sp³-hybridized carbons (Fsp3) is 0.476. The number of benzene rings is 1. The molecule has 1 aliphatic heterocycles. The molecular weight excluding hydrogens is 354 g/mol. The molecule has 0 aliphatic carbocycles. The SMILES string of the molecule is CCN1CCN(C(=O)c2cc(Nc3ccc(OC(C)C)cc3)nc(C)n2)CC1. The first-order valence-corrected chi connectivity index (χ1v) is 9.85. The molecule has 1 aromatic carbocycles. The van der Waals surface area contributed by atoms with Crippen LogP contribution >= 0.6 is 0 Å². The quantitative estimate of drug-likeness (QED) is 0.827. The maximum atomic E-state index is 12.9. The number of hydrogen-bond acceptors (Lipinski definition) is 6. The third-order valence-corrected chi connectivity index (χ3v) is 4.66. The molecule has 0 unspecified atom stereocenters. The van der Waals surface area contributed by atoms with Crippen LogP contribution < -0.4 is 10.1 Å². The number of aromatic nitrogens is 2. The number of aryl methyl sites for hydroxylation is 1. The van der Waals surface area contributed by atoms with E-state index in [0.717, 1.165) is 44.2 Å². The Morgan fingerprint density at radius 3 is 2.43 bits per heavy atom. The largest absolute Gasteiger partial charge is 0.491 e. The van der Waals surface area contributed by atoms with Gasteiger partial charge in [0.2, 0.25) is 0 Å². The first-order chi connectivity index (χ1) is 13.4. The number of piperazine rings is 1. The highest BCUT2D eigenvalue weighted by atomic mass is 16.5. The van der Waals surface area contributed by atoms with Crippen LogP contribution in [-0.2, 0) is 0 Å². The number of rotatable bonds is 6. The lowest BCUT2D eigenvalue weighted by atomic mass is 10.2. The van der Waals surface area contributed by atoms with Gasteiger partial charge in [-0.05, 0) is 51.6 Å². The Bertz CT molecular complexity index is 799. The van der Waals surface area contributed by atoms with Crippen LogP contribution in [0.1, 0.15) is 37.1 Å². The summed E-state index contributed by atoms with van der Waals surface area (Å²) in [6.07, 6.45) is 0.135. The zero-order chi connectivity index (χ0) is 20.1. The number of carbonyl (C=O) groups excluding carboxylic acids is 1. The Labute approximate surface area is 166 Å². The first kappa shape index (κ1) is 20.1. The number of amides is 1. The van der Waals surface area contributed by atoms with Gasteiger partial charge in [-0.3, -0.25) is 4.79 Å². The van der Waals surface area contributed by atoms with Crippen LogP contribution in [0, 0.1) is 6.92 Å². The number of nitrogens with one attached hydrogen (secondary N) is 1. The summed E-state index contributed by atoms with van der Waals surface area (Å²) in [5.74, 6) is 1.97. The van der Waals surface area contributed by atoms with Crippen molar-refractivity contribution < 1.29 is 9.53 Å². The highest BCUT2D eigenvalue weighted by molar-refractivity contribution is 5.93. The van der Waals surface area contributed by atoms with Crippen molar-refractivity contribution in [1.82, 2.24) is 19.8 Å². The van der Waals surface area contributed by atoms with Gasteiger partial charge >= 0.3 is 0 Å². The molecule has 0 radical (unpaired) electrons. The molecule has 1 saturated heterocycles. The van der Waals surface area contributed by atoms with Crippen LogP contribution in [0.25, 0.3) is 0 Å². The topological polar surface area (TPSA) is 70.6 Å². The molecule has 2 heterocycles. The normalized spacial score (nSPS) is 15.0. The maximum absolute atomic E-state index is 12.9. The van der Waals surface area contributed by atoms with Crippen molar-refractivity contribution in [2.75, 3.05) is 38.0 Å². The number of likely N-dealkylation sites (N-methyl/N-ethyl adjacent to an activating group) is 1. The van der Waals surface area contributed by atoms with Gasteiger partial charge in [0, 0.05) is 37.9 Å². The number of ether oxygens (including phenoxy) is 1. The molecule has 0 atom stereocenters. The second-order valence-electron chi connectivity index (χ2n) is 7.23. The van der Waals surface area contributed by atoms with E-state index < -0.39 is 0 Å². The number of hydrogen-bond donors (Lipinski definition) is 1. The number of carbonyl (C=O) groups is 1. The molecule has 0 saturated carbocycles. The average molecular weight is 383 g/mol. The fourth-order valence-corrected chi connectivity index (χ4v) is 3.21. The van der Waals surface area contributed by atoms with Crippen molar-refractivity contribution in [1.29, 1.82) is 0 Å². The Hall–Kier alpha value is -2.67. The molecule has 7 heteroatoms. The van der Waals surface area contributed by atoms with Crippen molar-refractivity contribution in [2.45, 2.75) is 33.8 Å². The van der Waals surface area contributed by atoms with E-state index in [4.69, 9.17) is 4.74 Å². The second-order valence-corrected chi connectivity index (χ2v) is 7.23. The van der Waals surface area contributed by atoms with Gasteiger partial charge in [0.1, 0.15) is 23.1 Å². The standard InChI is InChI=1S/C21H29N5O2/c1-5-25-10-12-26(13-11-25)21(27)19-14-20(23-16(4)22-19)24-17-6-8-18(9-7-17)28-15(2)3/h6-9,14-15H,5,10-13H2,1-4H3,(H,22,23,24). The Balaban J connectivity index is 1.70. The molecule has 2 aromatic rings. The van der Waals surface area contributed by atoms with E-state index in [1.54, 1.807) is 13.0 Å². The van der Waals surface area contributed by atoms with Gasteiger partial charge < -0.3 is 19.9 Å². The van der Waals surface area contributed by atoms with E-state index in [1.807, 2.05) is 43.0 Å². The molecule has 0 bridgehead atoms. The summed E-state index contributed by atoms with van der Waals surface area (Å²) in [5, 5.41) is 3.25. The van der Waals surface area contributed by atoms with Crippen LogP contribution in [-0.4, -0.2) is 64.5 Å². The average Bonchev–Trinajstić information content (AvgIpc) is 2.68. The van der Waals surface area contributed by atoms with Gasteiger partial charge in [-0.2, -0.15) is 0 Å². The van der Waals surface area contributed by atoms with Crippen molar-refractivity contribution in [3.05, 3.63) is 41.9 Å². The molecule has 0 spiro atoms. The third kappa shape index (κ3) is 5.19. The Morgan fingerprint density at radius 2 is 1.82 bits per heavy atom. The van der Waals surface area contributed by atoms with Crippen LogP contribution in [0.4, 0.5) is 11.5 Å². The minimum atomic E-state index is -0.0371. The zero-order valence-electron chi connectivity index (χ0n) is 17.1. The molecule has 150 valence electrons. The van der Waals surface area contributed by atoms with Gasteiger partial charge in [-0.15, -0.1) is 0 Å². The van der Waals surface area contributed by atoms with Crippen molar-refractivity contribution in [3.63, 3.8) is 0 Å². The maximum Gasteiger partial charge on any atom is 0.272 e. The van der Waals surface area contributed by atoms with Crippen molar-refractivity contribution in [2.24, 2.45) is 0 Å². The Kier molecular flexibility index (Phi) is 6.46. The molecular formula is C21H29N5O2. The molecule has 7 nitrogen and oxygen atoms in total. The van der Waals surface area contributed by atoms with E-state index in [9.17, 15) is 4.79 Å². The van der Waals surface area contributed by atoms with Crippen molar-refractivity contribution in [3.8, 4) is 5.75 Å². The first-order valence-electron chi connectivity index (χ1n) is 9.85. The van der Waals surface area contributed by atoms with E-state index in [-0.39, 0.29) is 12.0 Å². The summed E-state index contributed by atoms with van der Waals surface area (Å²) in [7, 11) is 0. The van der Waals surface area contributed by atoms with Crippen LogP contribution in [0.15, 0.2) is 30.3 Å². The summed E-state index contributed by atoms with van der Waals surface area (Å²) in [6.45, 7) is 12.2. The molecule has 1 fully saturated rings. The van der Waals surface area contributed by atoms with Crippen molar-refractivity contribution >= 4 is 17.4 Å². The van der Waals surface area contributed by atoms with Gasteiger partial charge in [-0.25, -0.2) is 9.97 Å².